The third kappa shape index (κ3) is 4.16. The number of rotatable bonds is 2. The van der Waals surface area contributed by atoms with Crippen molar-refractivity contribution in [2.24, 2.45) is 0 Å². The SMILES string of the molecule is O=C(O)SC(S)C(=O)O. The Morgan fingerprint density at radius 2 is 1.89 bits per heavy atom. The van der Waals surface area contributed by atoms with Crippen LogP contribution in [-0.4, -0.2) is 26.1 Å². The molecule has 0 aromatic carbocycles. The van der Waals surface area contributed by atoms with Crippen molar-refractivity contribution < 1.29 is 19.8 Å². The second-order valence-electron chi connectivity index (χ2n) is 1.07. The van der Waals surface area contributed by atoms with Crippen LogP contribution >= 0.6 is 24.4 Å². The van der Waals surface area contributed by atoms with Crippen molar-refractivity contribution in [1.82, 2.24) is 0 Å². The molecule has 9 heavy (non-hydrogen) atoms. The quantitative estimate of drug-likeness (QED) is 0.419. The van der Waals surface area contributed by atoms with Crippen LogP contribution in [0.1, 0.15) is 0 Å². The molecule has 0 rings (SSSR count). The zero-order valence-electron chi connectivity index (χ0n) is 4.14. The van der Waals surface area contributed by atoms with Gasteiger partial charge in [0.1, 0.15) is 0 Å². The summed E-state index contributed by atoms with van der Waals surface area (Å²) in [5.74, 6) is -1.24. The van der Waals surface area contributed by atoms with Crippen molar-refractivity contribution in [2.45, 2.75) is 4.58 Å². The highest BCUT2D eigenvalue weighted by molar-refractivity contribution is 8.21. The Morgan fingerprint density at radius 3 is 2.00 bits per heavy atom. The first kappa shape index (κ1) is 8.64. The molecule has 1 unspecified atom stereocenters. The van der Waals surface area contributed by atoms with Crippen LogP contribution in [0.15, 0.2) is 0 Å². The van der Waals surface area contributed by atoms with Gasteiger partial charge in [0, 0.05) is 0 Å². The minimum absolute atomic E-state index is 0.244. The van der Waals surface area contributed by atoms with Crippen molar-refractivity contribution in [3.05, 3.63) is 0 Å². The van der Waals surface area contributed by atoms with Crippen LogP contribution < -0.4 is 0 Å². The second-order valence-corrected chi connectivity index (χ2v) is 3.00. The maximum atomic E-state index is 9.87. The van der Waals surface area contributed by atoms with E-state index in [1.165, 1.54) is 0 Å². The van der Waals surface area contributed by atoms with Gasteiger partial charge in [0.2, 0.25) is 0 Å². The van der Waals surface area contributed by atoms with Crippen molar-refractivity contribution in [1.29, 1.82) is 0 Å². The molecule has 0 heterocycles. The average molecular weight is 168 g/mol. The van der Waals surface area contributed by atoms with Crippen molar-refractivity contribution in [3.8, 4) is 0 Å². The summed E-state index contributed by atoms with van der Waals surface area (Å²) >= 11 is 3.69. The Kier molecular flexibility index (Phi) is 3.48. The molecule has 0 saturated heterocycles. The van der Waals surface area contributed by atoms with E-state index >= 15 is 0 Å². The zero-order valence-corrected chi connectivity index (χ0v) is 5.85. The molecule has 52 valence electrons. The summed E-state index contributed by atoms with van der Waals surface area (Å²) in [5, 5.41) is 14.8. The maximum Gasteiger partial charge on any atom is 0.366 e. The minimum Gasteiger partial charge on any atom is -0.480 e. The van der Waals surface area contributed by atoms with Crippen LogP contribution in [-0.2, 0) is 4.79 Å². The minimum atomic E-state index is -1.24. The van der Waals surface area contributed by atoms with Gasteiger partial charge in [-0.2, -0.15) is 12.6 Å². The Bertz CT molecular complexity index is 134. The van der Waals surface area contributed by atoms with Gasteiger partial charge in [0.05, 0.1) is 0 Å². The molecule has 0 aromatic rings. The lowest BCUT2D eigenvalue weighted by atomic mass is 10.8. The Labute approximate surface area is 60.7 Å². The van der Waals surface area contributed by atoms with E-state index in [1.807, 2.05) is 0 Å². The lowest BCUT2D eigenvalue weighted by Crippen LogP contribution is -2.10. The molecule has 4 nitrogen and oxygen atoms in total. The van der Waals surface area contributed by atoms with E-state index in [0.29, 0.717) is 0 Å². The highest BCUT2D eigenvalue weighted by Crippen LogP contribution is 2.14. The molecule has 6 heteroatoms. The molecule has 0 bridgehead atoms. The fourth-order valence-electron chi connectivity index (χ4n) is 0.146. The first-order valence-corrected chi connectivity index (χ1v) is 3.24. The summed E-state index contributed by atoms with van der Waals surface area (Å²) < 4.78 is -1.18. The first-order valence-electron chi connectivity index (χ1n) is 1.84. The number of carboxylic acid groups (broad SMARTS) is 2. The predicted octanol–water partition coefficient (Wildman–Crippen LogP) is 0.738. The smallest absolute Gasteiger partial charge is 0.366 e. The molecule has 2 N–H and O–H groups in total. The molecule has 0 fully saturated rings. The van der Waals surface area contributed by atoms with Gasteiger partial charge in [0.15, 0.2) is 4.58 Å². The maximum absolute atomic E-state index is 9.87. The molecule has 0 aliphatic rings. The predicted molar refractivity (Wildman–Crippen MR) is 36.0 cm³/mol. The lowest BCUT2D eigenvalue weighted by molar-refractivity contribution is -0.134. The first-order chi connectivity index (χ1) is 4.04. The summed E-state index contributed by atoms with van der Waals surface area (Å²) in [6, 6.07) is 0. The average Bonchev–Trinajstić information content (AvgIpc) is 1.63. The molecule has 0 spiro atoms. The Morgan fingerprint density at radius 1 is 1.44 bits per heavy atom. The number of carboxylic acids is 1. The van der Waals surface area contributed by atoms with E-state index < -0.39 is 15.9 Å². The van der Waals surface area contributed by atoms with E-state index in [4.69, 9.17) is 10.2 Å². The standard InChI is InChI=1S/C3H4O4S2/c4-1(5)2(8)9-3(6)7/h2,8H,(H,4,5)(H,6,7). The third-order valence-electron chi connectivity index (χ3n) is 0.424. The van der Waals surface area contributed by atoms with Crippen LogP contribution in [0.3, 0.4) is 0 Å². The zero-order chi connectivity index (χ0) is 7.44. The number of carbonyl (C=O) groups is 2. The highest BCUT2D eigenvalue weighted by atomic mass is 32.2. The topological polar surface area (TPSA) is 74.6 Å². The summed E-state index contributed by atoms with van der Waals surface area (Å²) in [5.41, 5.74) is 0. The van der Waals surface area contributed by atoms with Crippen LogP contribution in [0.2, 0.25) is 0 Å². The lowest BCUT2D eigenvalue weighted by Gasteiger charge is -1.97. The van der Waals surface area contributed by atoms with Crippen LogP contribution in [0, 0.1) is 0 Å². The van der Waals surface area contributed by atoms with Gasteiger partial charge in [-0.05, 0) is 11.8 Å². The fourth-order valence-corrected chi connectivity index (χ4v) is 0.708. The largest absolute Gasteiger partial charge is 0.480 e. The molecular formula is C3H4O4S2. The molecule has 1 atom stereocenters. The van der Waals surface area contributed by atoms with Crippen molar-refractivity contribution >= 4 is 35.7 Å². The van der Waals surface area contributed by atoms with Gasteiger partial charge in [-0.1, -0.05) is 0 Å². The van der Waals surface area contributed by atoms with Gasteiger partial charge in [-0.3, -0.25) is 4.79 Å². The van der Waals surface area contributed by atoms with Crippen LogP contribution in [0.25, 0.3) is 0 Å². The van der Waals surface area contributed by atoms with E-state index in [-0.39, 0.29) is 11.8 Å². The van der Waals surface area contributed by atoms with Crippen LogP contribution in [0.4, 0.5) is 4.79 Å². The Balaban J connectivity index is 3.63. The van der Waals surface area contributed by atoms with Gasteiger partial charge in [0.25, 0.3) is 0 Å². The second kappa shape index (κ2) is 3.62. The van der Waals surface area contributed by atoms with Gasteiger partial charge in [-0.15, -0.1) is 0 Å². The third-order valence-corrected chi connectivity index (χ3v) is 1.59. The highest BCUT2D eigenvalue weighted by Gasteiger charge is 2.15. The molecule has 0 aliphatic heterocycles. The van der Waals surface area contributed by atoms with Crippen molar-refractivity contribution in [2.75, 3.05) is 0 Å². The van der Waals surface area contributed by atoms with E-state index in [0.717, 1.165) is 0 Å². The summed E-state index contributed by atoms with van der Waals surface area (Å²) in [7, 11) is 0. The van der Waals surface area contributed by atoms with Gasteiger partial charge < -0.3 is 10.2 Å². The fraction of sp³-hybridized carbons (Fsp3) is 0.333. The molecule has 0 radical (unpaired) electrons. The summed E-state index contributed by atoms with van der Waals surface area (Å²) in [6.07, 6.45) is 0. The van der Waals surface area contributed by atoms with E-state index in [2.05, 4.69) is 12.6 Å². The molecule has 0 saturated carbocycles. The normalized spacial score (nSPS) is 12.6. The van der Waals surface area contributed by atoms with E-state index in [1.54, 1.807) is 0 Å². The number of thiol groups is 1. The summed E-state index contributed by atoms with van der Waals surface area (Å²) in [4.78, 5) is 19.6. The molecule has 0 aromatic heterocycles. The number of hydrogen-bond donors (Lipinski definition) is 3. The molecule has 0 aliphatic carbocycles. The molecular weight excluding hydrogens is 164 g/mol. The number of thioether (sulfide) groups is 1. The van der Waals surface area contributed by atoms with Crippen LogP contribution in [0.5, 0.6) is 0 Å². The number of hydrogen-bond acceptors (Lipinski definition) is 4. The van der Waals surface area contributed by atoms with E-state index in [9.17, 15) is 9.59 Å². The van der Waals surface area contributed by atoms with Gasteiger partial charge >= 0.3 is 11.3 Å². The van der Waals surface area contributed by atoms with Gasteiger partial charge in [-0.25, -0.2) is 4.79 Å². The monoisotopic (exact) mass is 168 g/mol. The summed E-state index contributed by atoms with van der Waals surface area (Å²) in [6.45, 7) is 0. The Hall–Kier alpha value is -0.360. The van der Waals surface area contributed by atoms with Crippen molar-refractivity contribution in [3.63, 3.8) is 0 Å². The number of aliphatic carboxylic acids is 1. The molecule has 0 amide bonds.